The van der Waals surface area contributed by atoms with Crippen molar-refractivity contribution in [3.8, 4) is 0 Å². The van der Waals surface area contributed by atoms with Crippen LogP contribution >= 0.6 is 0 Å². The van der Waals surface area contributed by atoms with Gasteiger partial charge in [-0.15, -0.1) is 0 Å². The molecule has 0 saturated carbocycles. The molecule has 2 heterocycles. The molecule has 3 heteroatoms. The van der Waals surface area contributed by atoms with Gasteiger partial charge in [-0.2, -0.15) is 0 Å². The van der Waals surface area contributed by atoms with Crippen molar-refractivity contribution < 1.29 is 4.79 Å². The van der Waals surface area contributed by atoms with Gasteiger partial charge in [0.1, 0.15) is 5.41 Å². The van der Waals surface area contributed by atoms with Gasteiger partial charge in [0.05, 0.1) is 5.69 Å². The zero-order valence-electron chi connectivity index (χ0n) is 14.8. The van der Waals surface area contributed by atoms with Gasteiger partial charge in [-0.1, -0.05) is 56.7 Å². The van der Waals surface area contributed by atoms with Crippen LogP contribution in [0.5, 0.6) is 0 Å². The molecule has 0 bridgehead atoms. The minimum atomic E-state index is -0.787. The predicted molar refractivity (Wildman–Crippen MR) is 98.4 cm³/mol. The first-order valence-electron chi connectivity index (χ1n) is 8.36. The van der Waals surface area contributed by atoms with E-state index in [1.165, 1.54) is 0 Å². The van der Waals surface area contributed by atoms with Gasteiger partial charge in [0.15, 0.2) is 0 Å². The summed E-state index contributed by atoms with van der Waals surface area (Å²) in [6.07, 6.45) is 0. The van der Waals surface area contributed by atoms with Crippen LogP contribution in [-0.2, 0) is 10.2 Å². The van der Waals surface area contributed by atoms with Gasteiger partial charge in [-0.3, -0.25) is 9.79 Å². The number of fused-ring (bicyclic) bond motifs is 4. The van der Waals surface area contributed by atoms with E-state index < -0.39 is 5.41 Å². The monoisotopic (exact) mass is 318 g/mol. The molecule has 2 aromatic rings. The molecule has 2 aliphatic rings. The molecule has 1 atom stereocenters. The molecule has 0 saturated heterocycles. The summed E-state index contributed by atoms with van der Waals surface area (Å²) in [6, 6.07) is 14.3. The Kier molecular flexibility index (Phi) is 2.88. The number of hydrogen-bond donors (Lipinski definition) is 0. The number of benzene rings is 2. The van der Waals surface area contributed by atoms with Crippen LogP contribution in [0.15, 0.2) is 47.5 Å². The third-order valence-electron chi connectivity index (χ3n) is 5.15. The smallest absolute Gasteiger partial charge is 0.247 e. The topological polar surface area (TPSA) is 32.7 Å². The first-order chi connectivity index (χ1) is 11.3. The average molecular weight is 318 g/mol. The molecule has 0 radical (unpaired) electrons. The Morgan fingerprint density at radius 1 is 1.04 bits per heavy atom. The number of aliphatic imine (C=N–C) groups is 1. The van der Waals surface area contributed by atoms with Crippen molar-refractivity contribution in [3.05, 3.63) is 59.2 Å². The van der Waals surface area contributed by atoms with E-state index in [9.17, 15) is 4.79 Å². The van der Waals surface area contributed by atoms with E-state index in [0.29, 0.717) is 0 Å². The van der Waals surface area contributed by atoms with Gasteiger partial charge in [-0.05, 0) is 19.1 Å². The van der Waals surface area contributed by atoms with Crippen molar-refractivity contribution in [2.45, 2.75) is 33.1 Å². The lowest BCUT2D eigenvalue weighted by Gasteiger charge is -2.33. The van der Waals surface area contributed by atoms with Gasteiger partial charge in [0.2, 0.25) is 5.91 Å². The highest BCUT2D eigenvalue weighted by Gasteiger charge is 2.60. The maximum atomic E-state index is 13.6. The number of amides is 1. The van der Waals surface area contributed by atoms with Crippen molar-refractivity contribution in [2.75, 3.05) is 11.9 Å². The summed E-state index contributed by atoms with van der Waals surface area (Å²) in [4.78, 5) is 20.3. The maximum absolute atomic E-state index is 13.6. The van der Waals surface area contributed by atoms with Crippen molar-refractivity contribution in [3.63, 3.8) is 0 Å². The van der Waals surface area contributed by atoms with E-state index in [0.717, 1.165) is 33.8 Å². The normalized spacial score (nSPS) is 22.0. The van der Waals surface area contributed by atoms with Gasteiger partial charge < -0.3 is 4.90 Å². The lowest BCUT2D eigenvalue weighted by Crippen LogP contribution is -2.48. The van der Waals surface area contributed by atoms with E-state index in [4.69, 9.17) is 4.99 Å². The zero-order valence-corrected chi connectivity index (χ0v) is 14.8. The van der Waals surface area contributed by atoms with Gasteiger partial charge in [0.25, 0.3) is 0 Å². The Morgan fingerprint density at radius 3 is 2.46 bits per heavy atom. The Hall–Kier alpha value is -2.42. The summed E-state index contributed by atoms with van der Waals surface area (Å²) in [5.41, 5.74) is 5.08. The summed E-state index contributed by atoms with van der Waals surface area (Å²) in [5, 5.41) is 0. The fourth-order valence-electron chi connectivity index (χ4n) is 4.16. The van der Waals surface area contributed by atoms with Crippen LogP contribution in [0, 0.1) is 12.3 Å². The molecule has 0 aliphatic carbocycles. The Morgan fingerprint density at radius 2 is 1.75 bits per heavy atom. The standard InChI is InChI=1S/C21H22N2O/c1-13-10-11-17-15(12-13)21(19(24)23(17)5)14-8-6-7-9-16(14)22-18(21)20(2,3)4/h6-12H,1-5H3. The van der Waals surface area contributed by atoms with Crippen LogP contribution in [0.1, 0.15) is 37.5 Å². The average Bonchev–Trinajstić information content (AvgIpc) is 2.98. The van der Waals surface area contributed by atoms with Crippen molar-refractivity contribution >= 4 is 23.0 Å². The van der Waals surface area contributed by atoms with E-state index >= 15 is 0 Å². The summed E-state index contributed by atoms with van der Waals surface area (Å²) in [6.45, 7) is 8.49. The second-order valence-corrected chi connectivity index (χ2v) is 7.86. The molecule has 0 aromatic heterocycles. The maximum Gasteiger partial charge on any atom is 0.247 e. The molecule has 2 aromatic carbocycles. The number of hydrogen-bond acceptors (Lipinski definition) is 2. The van der Waals surface area contributed by atoms with Crippen molar-refractivity contribution in [1.82, 2.24) is 0 Å². The highest BCUT2D eigenvalue weighted by Crippen LogP contribution is 2.55. The number of carbonyl (C=O) groups excluding carboxylic acids is 1. The van der Waals surface area contributed by atoms with Gasteiger partial charge in [-0.25, -0.2) is 0 Å². The quantitative estimate of drug-likeness (QED) is 0.709. The Labute approximate surface area is 143 Å². The number of para-hydroxylation sites is 1. The second kappa shape index (κ2) is 4.56. The number of carbonyl (C=O) groups is 1. The fourth-order valence-corrected chi connectivity index (χ4v) is 4.16. The van der Waals surface area contributed by atoms with Gasteiger partial charge >= 0.3 is 0 Å². The zero-order chi connectivity index (χ0) is 17.3. The summed E-state index contributed by atoms with van der Waals surface area (Å²) >= 11 is 0. The molecule has 1 unspecified atom stereocenters. The Balaban J connectivity index is 2.14. The number of aryl methyl sites for hydroxylation is 1. The lowest BCUT2D eigenvalue weighted by atomic mass is 9.65. The molecule has 2 aliphatic heterocycles. The molecule has 3 nitrogen and oxygen atoms in total. The molecule has 0 fully saturated rings. The van der Waals surface area contributed by atoms with Crippen LogP contribution in [0.3, 0.4) is 0 Å². The minimum absolute atomic E-state index is 0.0988. The summed E-state index contributed by atoms with van der Waals surface area (Å²) < 4.78 is 0. The lowest BCUT2D eigenvalue weighted by molar-refractivity contribution is -0.119. The number of likely N-dealkylation sites (N-methyl/N-ethyl adjacent to an activating group) is 1. The van der Waals surface area contributed by atoms with Crippen LogP contribution in [0.2, 0.25) is 0 Å². The van der Waals surface area contributed by atoms with E-state index in [2.05, 4.69) is 52.0 Å². The van der Waals surface area contributed by atoms with Crippen LogP contribution in [0.25, 0.3) is 0 Å². The van der Waals surface area contributed by atoms with Gasteiger partial charge in [0, 0.05) is 35.0 Å². The number of anilines is 1. The number of nitrogens with zero attached hydrogens (tertiary/aromatic N) is 2. The molecule has 4 rings (SSSR count). The molecule has 1 spiro atoms. The summed E-state index contributed by atoms with van der Waals surface area (Å²) in [5.74, 6) is 0.0988. The SMILES string of the molecule is Cc1ccc2c(c1)C1(C(=O)N2C)C(C(C)(C)C)=Nc2ccccc21. The molecule has 1 amide bonds. The highest BCUT2D eigenvalue weighted by molar-refractivity contribution is 6.30. The predicted octanol–water partition coefficient (Wildman–Crippen LogP) is 4.39. The van der Waals surface area contributed by atoms with E-state index in [1.54, 1.807) is 4.90 Å². The summed E-state index contributed by atoms with van der Waals surface area (Å²) in [7, 11) is 1.87. The first-order valence-corrected chi connectivity index (χ1v) is 8.36. The molecule has 122 valence electrons. The van der Waals surface area contributed by atoms with Crippen LogP contribution in [-0.4, -0.2) is 18.7 Å². The van der Waals surface area contributed by atoms with E-state index in [1.807, 2.05) is 25.2 Å². The van der Waals surface area contributed by atoms with Crippen molar-refractivity contribution in [2.24, 2.45) is 10.4 Å². The highest BCUT2D eigenvalue weighted by atomic mass is 16.2. The van der Waals surface area contributed by atoms with E-state index in [-0.39, 0.29) is 11.3 Å². The second-order valence-electron chi connectivity index (χ2n) is 7.86. The third-order valence-corrected chi connectivity index (χ3v) is 5.15. The van der Waals surface area contributed by atoms with Crippen LogP contribution < -0.4 is 4.90 Å². The third kappa shape index (κ3) is 1.67. The molecular weight excluding hydrogens is 296 g/mol. The first kappa shape index (κ1) is 15.1. The Bertz CT molecular complexity index is 904. The molecule has 24 heavy (non-hydrogen) atoms. The van der Waals surface area contributed by atoms with Crippen molar-refractivity contribution in [1.29, 1.82) is 0 Å². The largest absolute Gasteiger partial charge is 0.314 e. The molecule has 0 N–H and O–H groups in total. The number of rotatable bonds is 0. The van der Waals surface area contributed by atoms with Crippen LogP contribution in [0.4, 0.5) is 11.4 Å². The molecular formula is C21H22N2O. The minimum Gasteiger partial charge on any atom is -0.314 e. The fraction of sp³-hybridized carbons (Fsp3) is 0.333.